The molecule has 4 rings (SSSR count). The molecular formula is C27H18BrCl3N2O6S. The van der Waals surface area contributed by atoms with E-state index < -0.39 is 29.6 Å². The van der Waals surface area contributed by atoms with E-state index in [1.54, 1.807) is 42.5 Å². The Balaban J connectivity index is 1.40. The number of nitrogens with zero attached hydrogens (tertiary/aromatic N) is 1. The van der Waals surface area contributed by atoms with Crippen molar-refractivity contribution in [2.24, 2.45) is 0 Å². The minimum atomic E-state index is -0.672. The maximum atomic E-state index is 12.9. The summed E-state index contributed by atoms with van der Waals surface area (Å²) in [4.78, 5) is 50.8. The highest BCUT2D eigenvalue weighted by atomic mass is 79.9. The van der Waals surface area contributed by atoms with Gasteiger partial charge in [-0.15, -0.1) is 0 Å². The molecule has 3 amide bonds. The van der Waals surface area contributed by atoms with Crippen molar-refractivity contribution in [3.05, 3.63) is 95.7 Å². The van der Waals surface area contributed by atoms with Gasteiger partial charge in [-0.25, -0.2) is 4.79 Å². The number of ether oxygens (including phenoxy) is 2. The van der Waals surface area contributed by atoms with Gasteiger partial charge in [-0.1, -0.05) is 46.9 Å². The van der Waals surface area contributed by atoms with Gasteiger partial charge in [0, 0.05) is 21.3 Å². The highest BCUT2D eigenvalue weighted by Gasteiger charge is 2.36. The van der Waals surface area contributed by atoms with Crippen LogP contribution in [0.5, 0.6) is 5.75 Å². The molecule has 8 nitrogen and oxygen atoms in total. The molecule has 1 aliphatic heterocycles. The zero-order valence-corrected chi connectivity index (χ0v) is 25.2. The van der Waals surface area contributed by atoms with Crippen LogP contribution in [0.15, 0.2) is 64.0 Å². The lowest BCUT2D eigenvalue weighted by Crippen LogP contribution is -2.36. The minimum Gasteiger partial charge on any atom is -0.488 e. The number of benzene rings is 3. The van der Waals surface area contributed by atoms with Crippen molar-refractivity contribution in [3.63, 3.8) is 0 Å². The number of carbonyl (C=O) groups is 4. The number of thioether (sulfide) groups is 1. The molecule has 1 heterocycles. The number of amides is 3. The summed E-state index contributed by atoms with van der Waals surface area (Å²) in [5.74, 6) is -1.36. The first-order chi connectivity index (χ1) is 19.0. The molecule has 40 heavy (non-hydrogen) atoms. The number of imide groups is 1. The first kappa shape index (κ1) is 30.0. The lowest BCUT2D eigenvalue weighted by atomic mass is 10.2. The van der Waals surface area contributed by atoms with Crippen molar-refractivity contribution in [1.29, 1.82) is 0 Å². The van der Waals surface area contributed by atoms with E-state index in [0.717, 1.165) is 22.2 Å². The molecule has 0 unspecified atom stereocenters. The number of methoxy groups -OCH3 is 1. The molecule has 3 aromatic rings. The fourth-order valence-electron chi connectivity index (χ4n) is 3.52. The van der Waals surface area contributed by atoms with Gasteiger partial charge in [0.2, 0.25) is 5.91 Å². The smallest absolute Gasteiger partial charge is 0.339 e. The van der Waals surface area contributed by atoms with Crippen LogP contribution in [0.2, 0.25) is 15.1 Å². The van der Waals surface area contributed by atoms with E-state index in [4.69, 9.17) is 39.5 Å². The topological polar surface area (TPSA) is 102 Å². The molecule has 1 N–H and O–H groups in total. The van der Waals surface area contributed by atoms with Crippen molar-refractivity contribution in [2.45, 2.75) is 6.61 Å². The molecule has 0 radical (unpaired) electrons. The van der Waals surface area contributed by atoms with Crippen molar-refractivity contribution in [2.75, 3.05) is 19.0 Å². The lowest BCUT2D eigenvalue weighted by molar-refractivity contribution is -0.127. The van der Waals surface area contributed by atoms with Gasteiger partial charge in [0.1, 0.15) is 18.9 Å². The summed E-state index contributed by atoms with van der Waals surface area (Å²) in [6, 6.07) is 14.6. The summed E-state index contributed by atoms with van der Waals surface area (Å²) < 4.78 is 11.1. The van der Waals surface area contributed by atoms with Gasteiger partial charge in [0.05, 0.1) is 27.1 Å². The van der Waals surface area contributed by atoms with Crippen molar-refractivity contribution >= 4 is 97.3 Å². The van der Waals surface area contributed by atoms with Crippen LogP contribution >= 0.6 is 62.5 Å². The summed E-state index contributed by atoms with van der Waals surface area (Å²) in [5.41, 5.74) is 1.71. The number of anilines is 1. The van der Waals surface area contributed by atoms with Crippen LogP contribution in [-0.4, -0.2) is 41.6 Å². The maximum absolute atomic E-state index is 12.9. The zero-order valence-electron chi connectivity index (χ0n) is 20.5. The van der Waals surface area contributed by atoms with E-state index in [2.05, 4.69) is 26.0 Å². The first-order valence-electron chi connectivity index (χ1n) is 11.3. The van der Waals surface area contributed by atoms with Crippen LogP contribution in [-0.2, 0) is 20.9 Å². The highest BCUT2D eigenvalue weighted by Crippen LogP contribution is 2.34. The second-order valence-electron chi connectivity index (χ2n) is 8.22. The van der Waals surface area contributed by atoms with Gasteiger partial charge in [-0.3, -0.25) is 19.3 Å². The van der Waals surface area contributed by atoms with E-state index in [9.17, 15) is 19.2 Å². The Bertz CT molecular complexity index is 1570. The Kier molecular flexibility index (Phi) is 9.81. The quantitative estimate of drug-likeness (QED) is 0.194. The van der Waals surface area contributed by atoms with Crippen LogP contribution in [0.1, 0.15) is 21.5 Å². The fraction of sp³-hybridized carbons (Fsp3) is 0.111. The molecule has 0 atom stereocenters. The lowest BCUT2D eigenvalue weighted by Gasteiger charge is -2.13. The van der Waals surface area contributed by atoms with Gasteiger partial charge in [0.15, 0.2) is 0 Å². The van der Waals surface area contributed by atoms with E-state index in [-0.39, 0.29) is 27.8 Å². The molecule has 0 aromatic heterocycles. The Hall–Kier alpha value is -3.02. The minimum absolute atomic E-state index is 0.0624. The third-order valence-electron chi connectivity index (χ3n) is 5.48. The van der Waals surface area contributed by atoms with Crippen LogP contribution in [0.3, 0.4) is 0 Å². The maximum Gasteiger partial charge on any atom is 0.339 e. The molecule has 0 aliphatic carbocycles. The monoisotopic (exact) mass is 682 g/mol. The molecule has 1 aliphatic rings. The van der Waals surface area contributed by atoms with Crippen molar-refractivity contribution in [1.82, 2.24) is 4.90 Å². The molecule has 3 aromatic carbocycles. The number of hydrogen-bond donors (Lipinski definition) is 1. The molecular weight excluding hydrogens is 667 g/mol. The number of esters is 1. The standard InChI is InChI=1S/C27H18BrCl3N2O6S/c1-38-26(36)18-11-17(5-6-20(18)30)32-24(34)12-33-25(35)23(40-27(33)37)9-14-2-7-22(19(28)8-14)39-13-15-3-4-16(29)10-21(15)31/h2-11H,12-13H2,1H3,(H,32,34)/b23-9+. The second-order valence-corrected chi connectivity index (χ2v) is 11.3. The van der Waals surface area contributed by atoms with E-state index >= 15 is 0 Å². The molecule has 1 saturated heterocycles. The Morgan fingerprint density at radius 1 is 1.02 bits per heavy atom. The normalized spacial score (nSPS) is 14.0. The third kappa shape index (κ3) is 7.18. The average Bonchev–Trinajstić information content (AvgIpc) is 3.16. The average molecular weight is 685 g/mol. The fourth-order valence-corrected chi connectivity index (χ4v) is 5.53. The summed E-state index contributed by atoms with van der Waals surface area (Å²) in [6.45, 7) is -0.295. The van der Waals surface area contributed by atoms with Gasteiger partial charge >= 0.3 is 5.97 Å². The molecule has 0 bridgehead atoms. The first-order valence-corrected chi connectivity index (χ1v) is 14.1. The number of hydrogen-bond acceptors (Lipinski definition) is 7. The van der Waals surface area contributed by atoms with Gasteiger partial charge in [-0.05, 0) is 81.8 Å². The van der Waals surface area contributed by atoms with E-state index in [1.165, 1.54) is 25.3 Å². The Morgan fingerprint density at radius 3 is 2.50 bits per heavy atom. The second kappa shape index (κ2) is 13.1. The van der Waals surface area contributed by atoms with Crippen LogP contribution < -0.4 is 10.1 Å². The summed E-state index contributed by atoms with van der Waals surface area (Å²) in [6.07, 6.45) is 1.55. The van der Waals surface area contributed by atoms with Crippen LogP contribution in [0.4, 0.5) is 10.5 Å². The van der Waals surface area contributed by atoms with Crippen LogP contribution in [0.25, 0.3) is 6.08 Å². The van der Waals surface area contributed by atoms with Gasteiger partial charge < -0.3 is 14.8 Å². The zero-order chi connectivity index (χ0) is 29.0. The van der Waals surface area contributed by atoms with Crippen LogP contribution in [0, 0.1) is 0 Å². The van der Waals surface area contributed by atoms with Gasteiger partial charge in [-0.2, -0.15) is 0 Å². The number of halogens is 4. The van der Waals surface area contributed by atoms with Gasteiger partial charge in [0.25, 0.3) is 11.1 Å². The Morgan fingerprint density at radius 2 is 1.80 bits per heavy atom. The SMILES string of the molecule is COC(=O)c1cc(NC(=O)CN2C(=O)S/C(=C/c3ccc(OCc4ccc(Cl)cc4Cl)c(Br)c3)C2=O)ccc1Cl. The number of rotatable bonds is 8. The predicted molar refractivity (Wildman–Crippen MR) is 159 cm³/mol. The van der Waals surface area contributed by atoms with E-state index in [1.807, 2.05) is 0 Å². The largest absolute Gasteiger partial charge is 0.488 e. The summed E-state index contributed by atoms with van der Waals surface area (Å²) in [7, 11) is 1.21. The van der Waals surface area contributed by atoms with E-state index in [0.29, 0.717) is 25.8 Å². The molecule has 1 fully saturated rings. The highest BCUT2D eigenvalue weighted by molar-refractivity contribution is 9.10. The predicted octanol–water partition coefficient (Wildman–Crippen LogP) is 7.45. The third-order valence-corrected chi connectivity index (χ3v) is 7.93. The Labute approximate surface area is 256 Å². The molecule has 0 spiro atoms. The molecule has 206 valence electrons. The van der Waals surface area contributed by atoms with Crippen molar-refractivity contribution < 1.29 is 28.7 Å². The summed E-state index contributed by atoms with van der Waals surface area (Å²) >= 11 is 22.3. The molecule has 13 heteroatoms. The molecule has 0 saturated carbocycles. The number of nitrogens with one attached hydrogen (secondary N) is 1. The summed E-state index contributed by atoms with van der Waals surface area (Å²) in [5, 5.41) is 3.13. The van der Waals surface area contributed by atoms with Crippen molar-refractivity contribution in [3.8, 4) is 5.75 Å². The number of carbonyl (C=O) groups excluding carboxylic acids is 4.